The van der Waals surface area contributed by atoms with Crippen LogP contribution in [-0.4, -0.2) is 27.2 Å². The molecular weight excluding hydrogens is 250 g/mol. The van der Waals surface area contributed by atoms with Crippen molar-refractivity contribution in [3.63, 3.8) is 0 Å². The van der Waals surface area contributed by atoms with Crippen molar-refractivity contribution in [1.82, 2.24) is 10.2 Å². The Bertz CT molecular complexity index is 547. The van der Waals surface area contributed by atoms with Crippen LogP contribution in [0.2, 0.25) is 0 Å². The molecule has 0 aromatic carbocycles. The Morgan fingerprint density at radius 2 is 2.00 bits per heavy atom. The van der Waals surface area contributed by atoms with Gasteiger partial charge in [0, 0.05) is 5.92 Å². The Kier molecular flexibility index (Phi) is 2.42. The summed E-state index contributed by atoms with van der Waals surface area (Å²) in [6, 6.07) is 0.0544. The molecule has 102 valence electrons. The van der Waals surface area contributed by atoms with Gasteiger partial charge >= 0.3 is 12.0 Å². The van der Waals surface area contributed by atoms with Crippen LogP contribution in [0.15, 0.2) is 4.42 Å². The number of carbonyl (C=O) groups is 2. The number of hydrogen-bond donors (Lipinski definition) is 2. The number of nitrogens with one attached hydrogen (secondary N) is 1. The van der Waals surface area contributed by atoms with E-state index in [0.717, 1.165) is 12.8 Å². The molecule has 3 rings (SSSR count). The van der Waals surface area contributed by atoms with Gasteiger partial charge in [-0.05, 0) is 18.3 Å². The summed E-state index contributed by atoms with van der Waals surface area (Å²) >= 11 is 0. The lowest BCUT2D eigenvalue weighted by molar-refractivity contribution is -0.140. The van der Waals surface area contributed by atoms with Crippen molar-refractivity contribution in [2.45, 2.75) is 32.6 Å². The second-order valence-electron chi connectivity index (χ2n) is 5.82. The van der Waals surface area contributed by atoms with Crippen molar-refractivity contribution in [1.29, 1.82) is 0 Å². The average Bonchev–Trinajstić information content (AvgIpc) is 3.18. The molecule has 2 fully saturated rings. The van der Waals surface area contributed by atoms with E-state index in [1.807, 2.05) is 0 Å². The lowest BCUT2D eigenvalue weighted by Gasteiger charge is -2.01. The van der Waals surface area contributed by atoms with Crippen LogP contribution in [0.25, 0.3) is 0 Å². The molecule has 1 aromatic rings. The summed E-state index contributed by atoms with van der Waals surface area (Å²) in [5.41, 5.74) is -0.532. The molecule has 0 spiro atoms. The zero-order valence-electron chi connectivity index (χ0n) is 10.7. The van der Waals surface area contributed by atoms with Crippen LogP contribution in [0.5, 0.6) is 0 Å². The van der Waals surface area contributed by atoms with Crippen molar-refractivity contribution in [3.8, 4) is 0 Å². The highest BCUT2D eigenvalue weighted by Crippen LogP contribution is 2.58. The molecule has 2 aliphatic carbocycles. The first-order chi connectivity index (χ1) is 8.91. The molecule has 1 aromatic heterocycles. The SMILES string of the molecule is CC1(C)C(C(=O)O)C1C(=O)Nc1nnc(C2CC2)o1. The van der Waals surface area contributed by atoms with Gasteiger partial charge in [0.2, 0.25) is 11.8 Å². The summed E-state index contributed by atoms with van der Waals surface area (Å²) in [6.45, 7) is 3.53. The number of carboxylic acids is 1. The fraction of sp³-hybridized carbons (Fsp3) is 0.667. The minimum Gasteiger partial charge on any atom is -0.481 e. The van der Waals surface area contributed by atoms with Crippen molar-refractivity contribution >= 4 is 17.9 Å². The third kappa shape index (κ3) is 1.98. The third-order valence-electron chi connectivity index (χ3n) is 3.97. The normalized spacial score (nSPS) is 27.9. The number of aromatic nitrogens is 2. The second-order valence-corrected chi connectivity index (χ2v) is 5.82. The molecular formula is C12H15N3O4. The number of rotatable bonds is 4. The average molecular weight is 265 g/mol. The van der Waals surface area contributed by atoms with E-state index in [0.29, 0.717) is 11.8 Å². The molecule has 2 aliphatic rings. The molecule has 7 heteroatoms. The maximum atomic E-state index is 12.0. The number of hydrogen-bond acceptors (Lipinski definition) is 5. The molecule has 1 amide bonds. The maximum absolute atomic E-state index is 12.0. The second kappa shape index (κ2) is 3.79. The zero-order valence-corrected chi connectivity index (χ0v) is 10.7. The van der Waals surface area contributed by atoms with Gasteiger partial charge in [0.25, 0.3) is 0 Å². The molecule has 0 bridgehead atoms. The molecule has 19 heavy (non-hydrogen) atoms. The largest absolute Gasteiger partial charge is 0.481 e. The van der Waals surface area contributed by atoms with E-state index in [9.17, 15) is 9.59 Å². The molecule has 2 unspecified atom stereocenters. The van der Waals surface area contributed by atoms with Gasteiger partial charge in [0.15, 0.2) is 0 Å². The van der Waals surface area contributed by atoms with E-state index < -0.39 is 23.2 Å². The summed E-state index contributed by atoms with van der Waals surface area (Å²) in [6.07, 6.45) is 2.07. The highest BCUT2D eigenvalue weighted by Gasteiger charge is 2.66. The highest BCUT2D eigenvalue weighted by molar-refractivity contribution is 5.98. The summed E-state index contributed by atoms with van der Waals surface area (Å²) in [7, 11) is 0. The summed E-state index contributed by atoms with van der Waals surface area (Å²) in [5, 5.41) is 19.1. The zero-order chi connectivity index (χ0) is 13.8. The molecule has 2 saturated carbocycles. The van der Waals surface area contributed by atoms with E-state index in [1.165, 1.54) is 0 Å². The minimum atomic E-state index is -0.950. The Morgan fingerprint density at radius 3 is 2.53 bits per heavy atom. The van der Waals surface area contributed by atoms with Gasteiger partial charge < -0.3 is 9.52 Å². The van der Waals surface area contributed by atoms with Crippen LogP contribution in [0.3, 0.4) is 0 Å². The topological polar surface area (TPSA) is 105 Å². The van der Waals surface area contributed by atoms with Crippen molar-refractivity contribution < 1.29 is 19.1 Å². The van der Waals surface area contributed by atoms with Gasteiger partial charge in [-0.3, -0.25) is 14.9 Å². The lowest BCUT2D eigenvalue weighted by Crippen LogP contribution is -2.17. The fourth-order valence-corrected chi connectivity index (χ4v) is 2.55. The number of aliphatic carboxylic acids is 1. The molecule has 1 heterocycles. The summed E-state index contributed by atoms with van der Waals surface area (Å²) in [4.78, 5) is 23.0. The molecule has 7 nitrogen and oxygen atoms in total. The Balaban J connectivity index is 1.66. The maximum Gasteiger partial charge on any atom is 0.322 e. The van der Waals surface area contributed by atoms with Crippen LogP contribution in [0.1, 0.15) is 38.5 Å². The van der Waals surface area contributed by atoms with Gasteiger partial charge in [-0.2, -0.15) is 0 Å². The van der Waals surface area contributed by atoms with Crippen molar-refractivity contribution in [2.24, 2.45) is 17.3 Å². The van der Waals surface area contributed by atoms with Crippen LogP contribution in [0, 0.1) is 17.3 Å². The fourth-order valence-electron chi connectivity index (χ4n) is 2.55. The number of carbonyl (C=O) groups excluding carboxylic acids is 1. The number of amides is 1. The molecule has 2 N–H and O–H groups in total. The Labute approximate surface area is 109 Å². The van der Waals surface area contributed by atoms with Crippen LogP contribution >= 0.6 is 0 Å². The quantitative estimate of drug-likeness (QED) is 0.848. The number of carboxylic acid groups (broad SMARTS) is 1. The molecule has 0 radical (unpaired) electrons. The first-order valence-corrected chi connectivity index (χ1v) is 6.28. The first-order valence-electron chi connectivity index (χ1n) is 6.28. The smallest absolute Gasteiger partial charge is 0.322 e. The van der Waals surface area contributed by atoms with Gasteiger partial charge in [-0.25, -0.2) is 0 Å². The molecule has 0 aliphatic heterocycles. The Hall–Kier alpha value is -1.92. The van der Waals surface area contributed by atoms with Crippen LogP contribution in [-0.2, 0) is 9.59 Å². The van der Waals surface area contributed by atoms with Gasteiger partial charge in [0.05, 0.1) is 11.8 Å². The van der Waals surface area contributed by atoms with Crippen molar-refractivity contribution in [3.05, 3.63) is 5.89 Å². The van der Waals surface area contributed by atoms with E-state index in [2.05, 4.69) is 15.5 Å². The minimum absolute atomic E-state index is 0.0544. The predicted octanol–water partition coefficient (Wildman–Crippen LogP) is 1.24. The van der Waals surface area contributed by atoms with E-state index >= 15 is 0 Å². The van der Waals surface area contributed by atoms with Gasteiger partial charge in [-0.1, -0.05) is 18.9 Å². The summed E-state index contributed by atoms with van der Waals surface area (Å²) < 4.78 is 5.32. The van der Waals surface area contributed by atoms with Gasteiger partial charge in [0.1, 0.15) is 0 Å². The van der Waals surface area contributed by atoms with Gasteiger partial charge in [-0.15, -0.1) is 5.10 Å². The van der Waals surface area contributed by atoms with Crippen molar-refractivity contribution in [2.75, 3.05) is 5.32 Å². The first kappa shape index (κ1) is 12.1. The lowest BCUT2D eigenvalue weighted by atomic mass is 10.1. The molecule has 2 atom stereocenters. The standard InChI is InChI=1S/C12H15N3O4/c1-12(2)6(7(12)10(17)18)8(16)13-11-15-14-9(19-11)5-3-4-5/h5-7H,3-4H2,1-2H3,(H,17,18)(H,13,15,16). The van der Waals surface area contributed by atoms with E-state index in [1.54, 1.807) is 13.8 Å². The number of nitrogens with zero attached hydrogens (tertiary/aromatic N) is 2. The summed E-state index contributed by atoms with van der Waals surface area (Å²) in [5.74, 6) is -1.67. The highest BCUT2D eigenvalue weighted by atomic mass is 16.4. The predicted molar refractivity (Wildman–Crippen MR) is 63.3 cm³/mol. The monoisotopic (exact) mass is 265 g/mol. The van der Waals surface area contributed by atoms with Crippen LogP contribution < -0.4 is 5.32 Å². The Morgan fingerprint density at radius 1 is 1.32 bits per heavy atom. The van der Waals surface area contributed by atoms with E-state index in [-0.39, 0.29) is 11.9 Å². The molecule has 0 saturated heterocycles. The third-order valence-corrected chi connectivity index (χ3v) is 3.97. The van der Waals surface area contributed by atoms with E-state index in [4.69, 9.17) is 9.52 Å². The number of anilines is 1. The van der Waals surface area contributed by atoms with Crippen LogP contribution in [0.4, 0.5) is 6.01 Å².